The molecule has 0 unspecified atom stereocenters. The lowest BCUT2D eigenvalue weighted by atomic mass is 10.1. The van der Waals surface area contributed by atoms with Gasteiger partial charge in [0.25, 0.3) is 0 Å². The molecule has 0 bridgehead atoms. The summed E-state index contributed by atoms with van der Waals surface area (Å²) in [5.41, 5.74) is 8.24. The van der Waals surface area contributed by atoms with Crippen molar-refractivity contribution in [3.8, 4) is 11.5 Å². The van der Waals surface area contributed by atoms with Gasteiger partial charge in [-0.1, -0.05) is 22.0 Å². The van der Waals surface area contributed by atoms with Crippen molar-refractivity contribution in [1.29, 1.82) is 0 Å². The van der Waals surface area contributed by atoms with Gasteiger partial charge >= 0.3 is 0 Å². The van der Waals surface area contributed by atoms with Gasteiger partial charge in [-0.3, -0.25) is 4.90 Å². The number of rotatable bonds is 5. The van der Waals surface area contributed by atoms with E-state index in [9.17, 15) is 4.39 Å². The van der Waals surface area contributed by atoms with Crippen LogP contribution in [0.25, 0.3) is 0 Å². The van der Waals surface area contributed by atoms with Crippen LogP contribution in [-0.4, -0.2) is 47.8 Å². The van der Waals surface area contributed by atoms with E-state index in [0.29, 0.717) is 27.5 Å². The van der Waals surface area contributed by atoms with E-state index in [0.717, 1.165) is 44.2 Å². The molecular weight excluding hydrogens is 479 g/mol. The van der Waals surface area contributed by atoms with Crippen molar-refractivity contribution in [2.45, 2.75) is 6.54 Å². The number of hydrogen-bond acceptors (Lipinski definition) is 8. The van der Waals surface area contributed by atoms with E-state index < -0.39 is 5.82 Å². The van der Waals surface area contributed by atoms with Crippen LogP contribution >= 0.6 is 15.9 Å². The Kier molecular flexibility index (Phi) is 5.71. The van der Waals surface area contributed by atoms with Gasteiger partial charge in [-0.2, -0.15) is 0 Å². The molecule has 2 aromatic carbocycles. The van der Waals surface area contributed by atoms with Crippen molar-refractivity contribution in [3.63, 3.8) is 0 Å². The summed E-state index contributed by atoms with van der Waals surface area (Å²) in [7, 11) is 0. The number of benzene rings is 2. The largest absolute Gasteiger partial charge is 0.454 e. The van der Waals surface area contributed by atoms with Crippen molar-refractivity contribution in [3.05, 3.63) is 58.6 Å². The Morgan fingerprint density at radius 3 is 2.66 bits per heavy atom. The average Bonchev–Trinajstić information content (AvgIpc) is 3.26. The summed E-state index contributed by atoms with van der Waals surface area (Å²) < 4.78 is 25.7. The maximum Gasteiger partial charge on any atom is 0.231 e. The molecule has 3 heterocycles. The van der Waals surface area contributed by atoms with Crippen LogP contribution in [0.5, 0.6) is 11.5 Å². The summed E-state index contributed by atoms with van der Waals surface area (Å²) in [6, 6.07) is 10.8. The van der Waals surface area contributed by atoms with E-state index in [2.05, 4.69) is 47.1 Å². The molecule has 1 saturated heterocycles. The maximum absolute atomic E-state index is 14.2. The van der Waals surface area contributed by atoms with Crippen molar-refractivity contribution in [1.82, 2.24) is 14.9 Å². The van der Waals surface area contributed by atoms with Gasteiger partial charge in [0.15, 0.2) is 23.1 Å². The highest BCUT2D eigenvalue weighted by Gasteiger charge is 2.22. The van der Waals surface area contributed by atoms with E-state index in [1.807, 2.05) is 12.1 Å². The molecule has 2 aliphatic rings. The fourth-order valence-electron chi connectivity index (χ4n) is 3.87. The molecular formula is C22H22BrFN6O2. The molecule has 0 spiro atoms. The molecule has 8 nitrogen and oxygen atoms in total. The predicted molar refractivity (Wildman–Crippen MR) is 124 cm³/mol. The maximum atomic E-state index is 14.2. The number of nitrogens with one attached hydrogen (secondary N) is 1. The third-order valence-electron chi connectivity index (χ3n) is 5.56. The summed E-state index contributed by atoms with van der Waals surface area (Å²) in [5, 5.41) is 2.98. The second kappa shape index (κ2) is 8.79. The standard InChI is InChI=1S/C22H22BrFN6O2/c23-15-2-3-17(16(24)10-15)28-21-20(25)22(27-12-26-21)30-7-5-29(6-8-30)11-14-1-4-18-19(9-14)32-13-31-18/h1-4,9-10,12H,5-8,11,13,25H2,(H,26,27,28). The van der Waals surface area contributed by atoms with Crippen LogP contribution in [0.4, 0.5) is 27.4 Å². The minimum absolute atomic E-state index is 0.281. The molecule has 0 saturated carbocycles. The average molecular weight is 501 g/mol. The SMILES string of the molecule is Nc1c(Nc2ccc(Br)cc2F)ncnc1N1CCN(Cc2ccc3c(c2)OCO3)CC1. The van der Waals surface area contributed by atoms with Crippen LogP contribution < -0.4 is 25.4 Å². The monoisotopic (exact) mass is 500 g/mol. The van der Waals surface area contributed by atoms with E-state index in [-0.39, 0.29) is 6.79 Å². The Morgan fingerprint density at radius 1 is 1.03 bits per heavy atom. The Balaban J connectivity index is 1.24. The zero-order valence-electron chi connectivity index (χ0n) is 17.2. The second-order valence-electron chi connectivity index (χ2n) is 7.66. The topological polar surface area (TPSA) is 88.8 Å². The van der Waals surface area contributed by atoms with Gasteiger partial charge in [-0.25, -0.2) is 14.4 Å². The van der Waals surface area contributed by atoms with Gasteiger partial charge in [0.2, 0.25) is 6.79 Å². The first-order valence-corrected chi connectivity index (χ1v) is 11.0. The molecule has 2 aliphatic heterocycles. The van der Waals surface area contributed by atoms with E-state index in [1.54, 1.807) is 12.1 Å². The highest BCUT2D eigenvalue weighted by atomic mass is 79.9. The number of halogens is 2. The zero-order chi connectivity index (χ0) is 22.1. The molecule has 5 rings (SSSR count). The van der Waals surface area contributed by atoms with E-state index in [1.165, 1.54) is 18.0 Å². The fourth-order valence-corrected chi connectivity index (χ4v) is 4.20. The molecule has 1 fully saturated rings. The van der Waals surface area contributed by atoms with Crippen molar-refractivity contribution in [2.75, 3.05) is 48.9 Å². The molecule has 0 radical (unpaired) electrons. The highest BCUT2D eigenvalue weighted by Crippen LogP contribution is 2.33. The third kappa shape index (κ3) is 4.28. The number of hydrogen-bond donors (Lipinski definition) is 2. The minimum atomic E-state index is -0.393. The van der Waals surface area contributed by atoms with E-state index in [4.69, 9.17) is 15.2 Å². The number of fused-ring (bicyclic) bond motifs is 1. The number of piperazine rings is 1. The molecule has 0 amide bonds. The highest BCUT2D eigenvalue weighted by molar-refractivity contribution is 9.10. The van der Waals surface area contributed by atoms with Crippen molar-refractivity contribution >= 4 is 38.9 Å². The molecule has 3 aromatic rings. The van der Waals surface area contributed by atoms with Gasteiger partial charge in [0.1, 0.15) is 17.8 Å². The van der Waals surface area contributed by atoms with Gasteiger partial charge in [0.05, 0.1) is 5.69 Å². The third-order valence-corrected chi connectivity index (χ3v) is 6.06. The van der Waals surface area contributed by atoms with Crippen LogP contribution in [0.3, 0.4) is 0 Å². The molecule has 32 heavy (non-hydrogen) atoms. The van der Waals surface area contributed by atoms with Crippen LogP contribution in [0, 0.1) is 5.82 Å². The van der Waals surface area contributed by atoms with Crippen LogP contribution in [0.2, 0.25) is 0 Å². The first-order valence-electron chi connectivity index (χ1n) is 10.3. The molecule has 0 atom stereocenters. The number of ether oxygens (including phenoxy) is 2. The Bertz CT molecular complexity index is 1140. The summed E-state index contributed by atoms with van der Waals surface area (Å²) in [6.45, 7) is 4.39. The normalized spacial score (nSPS) is 15.8. The Hall–Kier alpha value is -3.11. The summed E-state index contributed by atoms with van der Waals surface area (Å²) in [6.07, 6.45) is 1.45. The van der Waals surface area contributed by atoms with Gasteiger partial charge in [-0.05, 0) is 35.9 Å². The molecule has 166 valence electrons. The quantitative estimate of drug-likeness (QED) is 0.547. The number of anilines is 4. The fraction of sp³-hybridized carbons (Fsp3) is 0.273. The zero-order valence-corrected chi connectivity index (χ0v) is 18.8. The van der Waals surface area contributed by atoms with Gasteiger partial charge < -0.3 is 25.4 Å². The number of aromatic nitrogens is 2. The van der Waals surface area contributed by atoms with Gasteiger partial charge in [-0.15, -0.1) is 0 Å². The first-order chi connectivity index (χ1) is 15.6. The lowest BCUT2D eigenvalue weighted by molar-refractivity contribution is 0.174. The minimum Gasteiger partial charge on any atom is -0.454 e. The van der Waals surface area contributed by atoms with Crippen LogP contribution in [0.15, 0.2) is 47.2 Å². The molecule has 3 N–H and O–H groups in total. The van der Waals surface area contributed by atoms with Crippen LogP contribution in [0.1, 0.15) is 5.56 Å². The lowest BCUT2D eigenvalue weighted by Gasteiger charge is -2.36. The molecule has 0 aliphatic carbocycles. The first kappa shape index (κ1) is 20.8. The van der Waals surface area contributed by atoms with Gasteiger partial charge in [0, 0.05) is 37.2 Å². The summed E-state index contributed by atoms with van der Waals surface area (Å²) in [5.74, 6) is 2.25. The smallest absolute Gasteiger partial charge is 0.231 e. The lowest BCUT2D eigenvalue weighted by Crippen LogP contribution is -2.46. The molecule has 10 heteroatoms. The number of nitrogen functional groups attached to an aromatic ring is 1. The van der Waals surface area contributed by atoms with Crippen molar-refractivity contribution in [2.24, 2.45) is 0 Å². The number of nitrogens with zero attached hydrogens (tertiary/aromatic N) is 4. The van der Waals surface area contributed by atoms with Crippen LogP contribution in [-0.2, 0) is 6.54 Å². The Labute approximate surface area is 193 Å². The molecule has 1 aromatic heterocycles. The Morgan fingerprint density at radius 2 is 1.84 bits per heavy atom. The predicted octanol–water partition coefficient (Wildman–Crippen LogP) is 3.75. The van der Waals surface area contributed by atoms with Crippen molar-refractivity contribution < 1.29 is 13.9 Å². The summed E-state index contributed by atoms with van der Waals surface area (Å²) >= 11 is 3.26. The van der Waals surface area contributed by atoms with E-state index >= 15 is 0 Å². The summed E-state index contributed by atoms with van der Waals surface area (Å²) in [4.78, 5) is 13.1. The number of nitrogens with two attached hydrogens (primary N) is 1. The second-order valence-corrected chi connectivity index (χ2v) is 8.58.